The van der Waals surface area contributed by atoms with Crippen molar-refractivity contribution in [3.05, 3.63) is 48.2 Å². The van der Waals surface area contributed by atoms with Crippen molar-refractivity contribution < 1.29 is 9.59 Å². The lowest BCUT2D eigenvalue weighted by Crippen LogP contribution is -2.36. The fourth-order valence-electron chi connectivity index (χ4n) is 5.55. The molecule has 0 aliphatic carbocycles. The first kappa shape index (κ1) is 26.3. The Morgan fingerprint density at radius 1 is 1.11 bits per heavy atom. The fraction of sp³-hybridized carbons (Fsp3) is 0.552. The maximum atomic E-state index is 13.5. The van der Waals surface area contributed by atoms with Gasteiger partial charge in [-0.2, -0.15) is 0 Å². The van der Waals surface area contributed by atoms with Crippen LogP contribution in [0.3, 0.4) is 0 Å². The van der Waals surface area contributed by atoms with Crippen LogP contribution in [0.15, 0.2) is 42.6 Å². The molecule has 1 aromatic heterocycles. The van der Waals surface area contributed by atoms with E-state index in [9.17, 15) is 9.59 Å². The number of nitrogens with one attached hydrogen (secondary N) is 1. The van der Waals surface area contributed by atoms with E-state index >= 15 is 0 Å². The molecule has 1 saturated heterocycles. The van der Waals surface area contributed by atoms with Crippen molar-refractivity contribution in [2.24, 2.45) is 5.92 Å². The monoisotopic (exact) mass is 491 g/mol. The third-order valence-corrected chi connectivity index (χ3v) is 7.58. The Kier molecular flexibility index (Phi) is 9.47. The van der Waals surface area contributed by atoms with Crippen molar-refractivity contribution in [3.8, 4) is 0 Å². The number of amides is 2. The van der Waals surface area contributed by atoms with Gasteiger partial charge in [-0.25, -0.2) is 4.98 Å². The van der Waals surface area contributed by atoms with Crippen molar-refractivity contribution in [2.45, 2.75) is 58.8 Å². The molecule has 1 fully saturated rings. The predicted molar refractivity (Wildman–Crippen MR) is 146 cm³/mol. The molecule has 2 aliphatic rings. The molecule has 2 aromatic rings. The number of benzene rings is 1. The van der Waals surface area contributed by atoms with Crippen LogP contribution < -0.4 is 10.2 Å². The van der Waals surface area contributed by atoms with E-state index in [1.165, 1.54) is 38.6 Å². The maximum absolute atomic E-state index is 13.5. The molecule has 7 nitrogen and oxygen atoms in total. The minimum absolute atomic E-state index is 0.0242. The highest BCUT2D eigenvalue weighted by Crippen LogP contribution is 2.36. The molecule has 1 atom stereocenters. The van der Waals surface area contributed by atoms with Gasteiger partial charge in [-0.05, 0) is 95.0 Å². The van der Waals surface area contributed by atoms with Gasteiger partial charge in [0.15, 0.2) is 5.82 Å². The number of para-hydroxylation sites is 1. The zero-order chi connectivity index (χ0) is 25.3. The minimum Gasteiger partial charge on any atom is -0.319 e. The molecule has 0 bridgehead atoms. The van der Waals surface area contributed by atoms with Gasteiger partial charge < -0.3 is 15.1 Å². The number of nitrogens with zero attached hydrogens (tertiary/aromatic N) is 4. The number of piperidine rings is 1. The predicted octanol–water partition coefficient (Wildman–Crippen LogP) is 5.32. The van der Waals surface area contributed by atoms with Gasteiger partial charge in [0.2, 0.25) is 5.91 Å². The van der Waals surface area contributed by atoms with E-state index in [1.54, 1.807) is 29.3 Å². The van der Waals surface area contributed by atoms with E-state index in [4.69, 9.17) is 0 Å². The van der Waals surface area contributed by atoms with Gasteiger partial charge in [0, 0.05) is 19.2 Å². The van der Waals surface area contributed by atoms with E-state index in [1.807, 2.05) is 18.2 Å². The van der Waals surface area contributed by atoms with Gasteiger partial charge in [-0.3, -0.25) is 14.5 Å². The molecular weight excluding hydrogens is 450 g/mol. The van der Waals surface area contributed by atoms with E-state index in [-0.39, 0.29) is 11.8 Å². The summed E-state index contributed by atoms with van der Waals surface area (Å²) in [5.41, 5.74) is 1.65. The van der Waals surface area contributed by atoms with Crippen LogP contribution in [-0.2, 0) is 4.79 Å². The van der Waals surface area contributed by atoms with Gasteiger partial charge in [0.1, 0.15) is 0 Å². The minimum atomic E-state index is -0.216. The number of anilines is 3. The van der Waals surface area contributed by atoms with Crippen molar-refractivity contribution in [1.82, 2.24) is 14.8 Å². The largest absolute Gasteiger partial charge is 0.319 e. The number of hydrogen-bond donors (Lipinski definition) is 1. The molecule has 1 unspecified atom stereocenters. The summed E-state index contributed by atoms with van der Waals surface area (Å²) in [4.78, 5) is 37.4. The number of likely N-dealkylation sites (tertiary alicyclic amines) is 1. The number of carbonyl (C=O) groups excluding carboxylic acids is 2. The summed E-state index contributed by atoms with van der Waals surface area (Å²) < 4.78 is 0. The average Bonchev–Trinajstić information content (AvgIpc) is 3.03. The van der Waals surface area contributed by atoms with Crippen LogP contribution in [0.2, 0.25) is 0 Å². The number of rotatable bonds is 11. The van der Waals surface area contributed by atoms with Gasteiger partial charge in [-0.1, -0.05) is 32.4 Å². The summed E-state index contributed by atoms with van der Waals surface area (Å²) in [6.45, 7) is 11.2. The molecule has 1 aromatic carbocycles. The van der Waals surface area contributed by atoms with E-state index in [0.29, 0.717) is 29.2 Å². The lowest BCUT2D eigenvalue weighted by molar-refractivity contribution is -0.118. The van der Waals surface area contributed by atoms with Crippen LogP contribution >= 0.6 is 0 Å². The molecular formula is C29H41N5O2. The van der Waals surface area contributed by atoms with E-state index in [0.717, 1.165) is 45.1 Å². The Balaban J connectivity index is 1.31. The van der Waals surface area contributed by atoms with Crippen molar-refractivity contribution >= 4 is 29.0 Å². The maximum Gasteiger partial charge on any atom is 0.257 e. The second kappa shape index (κ2) is 13.0. The molecule has 1 N–H and O–H groups in total. The number of aromatic nitrogens is 1. The third kappa shape index (κ3) is 6.51. The first-order chi connectivity index (χ1) is 17.6. The van der Waals surface area contributed by atoms with Crippen LogP contribution in [0.4, 0.5) is 17.2 Å². The number of hydrogen-bond acceptors (Lipinski definition) is 5. The molecule has 2 amide bonds. The molecule has 4 rings (SSSR count). The van der Waals surface area contributed by atoms with Gasteiger partial charge >= 0.3 is 0 Å². The van der Waals surface area contributed by atoms with Crippen molar-refractivity contribution in [3.63, 3.8) is 0 Å². The summed E-state index contributed by atoms with van der Waals surface area (Å²) in [7, 11) is 0. The Morgan fingerprint density at radius 2 is 1.94 bits per heavy atom. The number of carbonyl (C=O) groups is 2. The van der Waals surface area contributed by atoms with Crippen LogP contribution in [0.5, 0.6) is 0 Å². The number of pyridine rings is 1. The molecule has 0 radical (unpaired) electrons. The average molecular weight is 492 g/mol. The highest BCUT2D eigenvalue weighted by molar-refractivity contribution is 6.17. The van der Waals surface area contributed by atoms with Crippen molar-refractivity contribution in [1.29, 1.82) is 0 Å². The van der Waals surface area contributed by atoms with Crippen LogP contribution in [0, 0.1) is 5.92 Å². The molecule has 3 heterocycles. The molecule has 194 valence electrons. The van der Waals surface area contributed by atoms with Crippen molar-refractivity contribution in [2.75, 3.05) is 49.5 Å². The van der Waals surface area contributed by atoms with Crippen LogP contribution in [-0.4, -0.2) is 65.9 Å². The van der Waals surface area contributed by atoms with Crippen LogP contribution in [0.1, 0.15) is 69.2 Å². The van der Waals surface area contributed by atoms with E-state index in [2.05, 4.69) is 33.9 Å². The summed E-state index contributed by atoms with van der Waals surface area (Å²) >= 11 is 0. The normalized spacial score (nSPS) is 17.9. The second-order valence-corrected chi connectivity index (χ2v) is 10.0. The number of fused-ring (bicyclic) bond motifs is 2. The highest BCUT2D eigenvalue weighted by Gasteiger charge is 2.30. The molecule has 2 aliphatic heterocycles. The second-order valence-electron chi connectivity index (χ2n) is 10.0. The lowest BCUT2D eigenvalue weighted by atomic mass is 9.92. The van der Waals surface area contributed by atoms with Gasteiger partial charge in [-0.15, -0.1) is 0 Å². The summed E-state index contributed by atoms with van der Waals surface area (Å²) in [5, 5.41) is 2.90. The Hall–Kier alpha value is -2.77. The topological polar surface area (TPSA) is 68.8 Å². The lowest BCUT2D eigenvalue weighted by Gasteiger charge is -2.33. The molecule has 7 heteroatoms. The molecule has 0 saturated carbocycles. The SMILES string of the molecule is CCN(CC)CCCCC1CCCN(CCCC(=O)N2c3ccccc3C(=O)Nc3cccnc32)C1. The Labute approximate surface area is 215 Å². The Morgan fingerprint density at radius 3 is 2.78 bits per heavy atom. The first-order valence-corrected chi connectivity index (χ1v) is 13.7. The quantitative estimate of drug-likeness (QED) is 0.431. The van der Waals surface area contributed by atoms with Gasteiger partial charge in [0.25, 0.3) is 5.91 Å². The molecule has 0 spiro atoms. The summed E-state index contributed by atoms with van der Waals surface area (Å²) in [6.07, 6.45) is 9.37. The van der Waals surface area contributed by atoms with Gasteiger partial charge in [0.05, 0.1) is 16.9 Å². The third-order valence-electron chi connectivity index (χ3n) is 7.58. The highest BCUT2D eigenvalue weighted by atomic mass is 16.2. The summed E-state index contributed by atoms with van der Waals surface area (Å²) in [6, 6.07) is 10.8. The van der Waals surface area contributed by atoms with Crippen LogP contribution in [0.25, 0.3) is 0 Å². The zero-order valence-corrected chi connectivity index (χ0v) is 21.9. The fourth-order valence-corrected chi connectivity index (χ4v) is 5.55. The molecule has 36 heavy (non-hydrogen) atoms. The number of unbranched alkanes of at least 4 members (excludes halogenated alkanes) is 1. The standard InChI is InChI=1S/C29H41N5O2/c1-3-32(4-2)19-8-7-12-23-13-10-20-33(22-23)21-11-17-27(35)34-26-16-6-5-14-24(26)29(36)31-25-15-9-18-30-28(25)34/h5-6,9,14-16,18,23H,3-4,7-8,10-13,17,19-22H2,1-2H3,(H,31,36). The smallest absolute Gasteiger partial charge is 0.257 e. The van der Waals surface area contributed by atoms with E-state index < -0.39 is 0 Å². The Bertz CT molecular complexity index is 1020. The summed E-state index contributed by atoms with van der Waals surface area (Å²) in [5.74, 6) is 1.02. The zero-order valence-electron chi connectivity index (χ0n) is 21.9. The first-order valence-electron chi connectivity index (χ1n) is 13.7.